The summed E-state index contributed by atoms with van der Waals surface area (Å²) in [4.78, 5) is 38.6. The van der Waals surface area contributed by atoms with Gasteiger partial charge in [-0.25, -0.2) is 0 Å². The van der Waals surface area contributed by atoms with Crippen LogP contribution in [0.1, 0.15) is 50.6 Å². The van der Waals surface area contributed by atoms with Crippen molar-refractivity contribution in [3.8, 4) is 0 Å². The summed E-state index contributed by atoms with van der Waals surface area (Å²) in [5, 5.41) is 10.1. The molecule has 3 rings (SSSR count). The number of aryl methyl sites for hydroxylation is 1. The first-order valence-electron chi connectivity index (χ1n) is 9.78. The number of hydrogen-bond acceptors (Lipinski definition) is 4. The van der Waals surface area contributed by atoms with Crippen molar-refractivity contribution < 1.29 is 14.4 Å². The fraction of sp³-hybridized carbons (Fsp3) is 0.217. The molecule has 0 atom stereocenters. The Morgan fingerprint density at radius 3 is 2.29 bits per heavy atom. The minimum atomic E-state index is -0.510. The molecule has 31 heavy (non-hydrogen) atoms. The van der Waals surface area contributed by atoms with Gasteiger partial charge in [-0.15, -0.1) is 0 Å². The molecule has 2 amide bonds. The Bertz CT molecular complexity index is 1120. The second kappa shape index (κ2) is 9.57. The van der Waals surface area contributed by atoms with Crippen LogP contribution >= 0.6 is 11.6 Å². The number of carbonyl (C=O) groups is 3. The molecule has 0 radical (unpaired) electrons. The molecule has 0 fully saturated rings. The molecule has 0 saturated carbocycles. The van der Waals surface area contributed by atoms with Crippen molar-refractivity contribution in [2.75, 3.05) is 11.9 Å². The van der Waals surface area contributed by atoms with Crippen LogP contribution in [0.25, 0.3) is 0 Å². The quantitative estimate of drug-likeness (QED) is 0.546. The maximum absolute atomic E-state index is 13.0. The summed E-state index contributed by atoms with van der Waals surface area (Å²) in [7, 11) is 1.62. The number of halogens is 1. The highest BCUT2D eigenvalue weighted by Gasteiger charge is 2.22. The molecule has 7 nitrogen and oxygen atoms in total. The summed E-state index contributed by atoms with van der Waals surface area (Å²) in [5.74, 6) is -0.872. The van der Waals surface area contributed by atoms with E-state index in [1.54, 1.807) is 55.6 Å². The van der Waals surface area contributed by atoms with Crippen LogP contribution in [-0.2, 0) is 7.05 Å². The Kier molecular flexibility index (Phi) is 6.87. The molecule has 2 N–H and O–H groups in total. The number of hydrogen-bond donors (Lipinski definition) is 2. The van der Waals surface area contributed by atoms with Crippen molar-refractivity contribution in [2.45, 2.75) is 13.8 Å². The van der Waals surface area contributed by atoms with Crippen LogP contribution in [0.4, 0.5) is 5.69 Å². The number of benzene rings is 2. The van der Waals surface area contributed by atoms with Gasteiger partial charge in [-0.1, -0.05) is 43.6 Å². The number of anilines is 1. The van der Waals surface area contributed by atoms with E-state index in [9.17, 15) is 14.4 Å². The topological polar surface area (TPSA) is 93.1 Å². The second-order valence-electron chi connectivity index (χ2n) is 7.47. The van der Waals surface area contributed by atoms with E-state index in [0.717, 1.165) is 0 Å². The van der Waals surface area contributed by atoms with Gasteiger partial charge >= 0.3 is 0 Å². The first kappa shape index (κ1) is 22.2. The third-order valence-corrected chi connectivity index (χ3v) is 4.85. The van der Waals surface area contributed by atoms with Crippen LogP contribution < -0.4 is 10.6 Å². The van der Waals surface area contributed by atoms with E-state index in [2.05, 4.69) is 15.7 Å². The van der Waals surface area contributed by atoms with E-state index in [1.165, 1.54) is 10.9 Å². The number of aromatic nitrogens is 2. The number of nitrogens with zero attached hydrogens (tertiary/aromatic N) is 2. The van der Waals surface area contributed by atoms with Crippen LogP contribution in [0.2, 0.25) is 5.02 Å². The largest absolute Gasteiger partial charge is 0.350 e. The first-order chi connectivity index (χ1) is 14.8. The van der Waals surface area contributed by atoms with Gasteiger partial charge in [-0.3, -0.25) is 19.1 Å². The predicted molar refractivity (Wildman–Crippen MR) is 120 cm³/mol. The zero-order valence-corrected chi connectivity index (χ0v) is 18.2. The number of amides is 2. The van der Waals surface area contributed by atoms with Crippen LogP contribution in [-0.4, -0.2) is 33.9 Å². The Hall–Kier alpha value is -3.45. The molecule has 0 aliphatic rings. The molecule has 0 saturated heterocycles. The van der Waals surface area contributed by atoms with Crippen molar-refractivity contribution in [3.63, 3.8) is 0 Å². The van der Waals surface area contributed by atoms with E-state index < -0.39 is 5.91 Å². The van der Waals surface area contributed by atoms with Crippen molar-refractivity contribution in [2.24, 2.45) is 13.0 Å². The fourth-order valence-electron chi connectivity index (χ4n) is 3.00. The third kappa shape index (κ3) is 5.19. The summed E-state index contributed by atoms with van der Waals surface area (Å²) in [5.41, 5.74) is 1.36. The minimum absolute atomic E-state index is 0.194. The molecule has 8 heteroatoms. The molecule has 0 aliphatic heterocycles. The van der Waals surface area contributed by atoms with Gasteiger partial charge in [-0.2, -0.15) is 5.10 Å². The maximum atomic E-state index is 13.0. The Morgan fingerprint density at radius 1 is 1.00 bits per heavy atom. The second-order valence-corrected chi connectivity index (χ2v) is 7.91. The van der Waals surface area contributed by atoms with Crippen LogP contribution in [0.3, 0.4) is 0 Å². The van der Waals surface area contributed by atoms with Crippen molar-refractivity contribution in [1.29, 1.82) is 0 Å². The van der Waals surface area contributed by atoms with E-state index >= 15 is 0 Å². The summed E-state index contributed by atoms with van der Waals surface area (Å²) in [6.07, 6.45) is 1.41. The lowest BCUT2D eigenvalue weighted by molar-refractivity contribution is 0.0939. The first-order valence-corrected chi connectivity index (χ1v) is 10.2. The van der Waals surface area contributed by atoms with E-state index in [-0.39, 0.29) is 40.1 Å². The molecule has 1 aromatic heterocycles. The molecule has 0 bridgehead atoms. The summed E-state index contributed by atoms with van der Waals surface area (Å²) in [6.45, 7) is 4.47. The van der Waals surface area contributed by atoms with Crippen molar-refractivity contribution >= 4 is 34.9 Å². The predicted octanol–water partition coefficient (Wildman–Crippen LogP) is 3.94. The highest BCUT2D eigenvalue weighted by atomic mass is 35.5. The molecule has 1 heterocycles. The summed E-state index contributed by atoms with van der Waals surface area (Å²) < 4.78 is 1.40. The zero-order chi connectivity index (χ0) is 22.5. The fourth-order valence-corrected chi connectivity index (χ4v) is 3.13. The number of nitrogens with one attached hydrogen (secondary N) is 2. The van der Waals surface area contributed by atoms with Crippen molar-refractivity contribution in [3.05, 3.63) is 82.1 Å². The minimum Gasteiger partial charge on any atom is -0.350 e. The average Bonchev–Trinajstić information content (AvgIpc) is 3.12. The third-order valence-electron chi connectivity index (χ3n) is 4.60. The Morgan fingerprint density at radius 2 is 1.65 bits per heavy atom. The molecule has 2 aromatic carbocycles. The molecular weight excluding hydrogens is 416 g/mol. The van der Waals surface area contributed by atoms with Gasteiger partial charge in [0.15, 0.2) is 5.78 Å². The van der Waals surface area contributed by atoms with Gasteiger partial charge in [0.05, 0.1) is 17.4 Å². The normalized spacial score (nSPS) is 10.7. The Balaban J connectivity index is 1.87. The Labute approximate surface area is 185 Å². The molecular formula is C23H23ClN4O3. The van der Waals surface area contributed by atoms with Gasteiger partial charge in [0.25, 0.3) is 11.8 Å². The average molecular weight is 439 g/mol. The lowest BCUT2D eigenvalue weighted by Crippen LogP contribution is -2.30. The van der Waals surface area contributed by atoms with Crippen LogP contribution in [0.5, 0.6) is 0 Å². The summed E-state index contributed by atoms with van der Waals surface area (Å²) in [6, 6.07) is 13.0. The molecule has 160 valence electrons. The van der Waals surface area contributed by atoms with E-state index in [4.69, 9.17) is 11.6 Å². The van der Waals surface area contributed by atoms with Gasteiger partial charge in [0.2, 0.25) is 0 Å². The SMILES string of the molecule is CC(C)CNC(=O)c1c(NC(=O)c2ccccc2C(=O)c2ccc(Cl)cc2)cnn1C. The van der Waals surface area contributed by atoms with Crippen LogP contribution in [0, 0.1) is 5.92 Å². The van der Waals surface area contributed by atoms with Gasteiger partial charge in [0.1, 0.15) is 5.69 Å². The molecule has 0 spiro atoms. The highest BCUT2D eigenvalue weighted by Crippen LogP contribution is 2.20. The smallest absolute Gasteiger partial charge is 0.271 e. The van der Waals surface area contributed by atoms with Gasteiger partial charge < -0.3 is 10.6 Å². The number of carbonyl (C=O) groups excluding carboxylic acids is 3. The summed E-state index contributed by atoms with van der Waals surface area (Å²) >= 11 is 5.90. The maximum Gasteiger partial charge on any atom is 0.271 e. The van der Waals surface area contributed by atoms with Crippen molar-refractivity contribution in [1.82, 2.24) is 15.1 Å². The highest BCUT2D eigenvalue weighted by molar-refractivity contribution is 6.30. The van der Waals surface area contributed by atoms with Gasteiger partial charge in [0, 0.05) is 29.7 Å². The molecule has 0 unspecified atom stereocenters. The van der Waals surface area contributed by atoms with E-state index in [1.807, 2.05) is 13.8 Å². The number of ketones is 1. The zero-order valence-electron chi connectivity index (χ0n) is 17.5. The lowest BCUT2D eigenvalue weighted by Gasteiger charge is -2.12. The van der Waals surface area contributed by atoms with Gasteiger partial charge in [-0.05, 0) is 36.2 Å². The number of rotatable bonds is 7. The standard InChI is InChI=1S/C23H23ClN4O3/c1-14(2)12-25-23(31)20-19(13-26-28(20)3)27-22(30)18-7-5-4-6-17(18)21(29)15-8-10-16(24)11-9-15/h4-11,13-14H,12H2,1-3H3,(H,25,31)(H,27,30). The van der Waals surface area contributed by atoms with Crippen LogP contribution in [0.15, 0.2) is 54.7 Å². The molecule has 3 aromatic rings. The lowest BCUT2D eigenvalue weighted by atomic mass is 9.98. The molecule has 0 aliphatic carbocycles. The van der Waals surface area contributed by atoms with E-state index in [0.29, 0.717) is 17.1 Å². The monoisotopic (exact) mass is 438 g/mol.